The molecule has 1 aliphatic rings. The molecule has 10 nitrogen and oxygen atoms in total. The molecule has 0 bridgehead atoms. The molecule has 1 aromatic heterocycles. The predicted octanol–water partition coefficient (Wildman–Crippen LogP) is 3.27. The van der Waals surface area contributed by atoms with Crippen molar-refractivity contribution in [3.63, 3.8) is 0 Å². The number of halogens is 1. The predicted molar refractivity (Wildman–Crippen MR) is 120 cm³/mol. The zero-order chi connectivity index (χ0) is 23.0. The Bertz CT molecular complexity index is 1200. The van der Waals surface area contributed by atoms with E-state index >= 15 is 0 Å². The number of nitrogens with two attached hydrogens (primary N) is 1. The molecule has 0 spiro atoms. The van der Waals surface area contributed by atoms with Crippen LogP contribution in [0, 0.1) is 6.92 Å². The van der Waals surface area contributed by atoms with E-state index in [9.17, 15) is 14.4 Å². The quantitative estimate of drug-likeness (QED) is 0.369. The molecule has 1 unspecified atom stereocenters. The number of aryl methyl sites for hydroxylation is 1. The van der Waals surface area contributed by atoms with Gasteiger partial charge in [0.1, 0.15) is 6.54 Å². The Morgan fingerprint density at radius 1 is 1.22 bits per heavy atom. The van der Waals surface area contributed by atoms with Gasteiger partial charge in [0, 0.05) is 10.7 Å². The second kappa shape index (κ2) is 8.61. The first-order chi connectivity index (χ1) is 15.2. The van der Waals surface area contributed by atoms with Crippen molar-refractivity contribution >= 4 is 56.9 Å². The molecule has 2 aromatic carbocycles. The number of hydrogen-bond acceptors (Lipinski definition) is 7. The largest absolute Gasteiger partial charge is 0.480 e. The second-order valence-electron chi connectivity index (χ2n) is 7.14. The van der Waals surface area contributed by atoms with Gasteiger partial charge in [0.15, 0.2) is 0 Å². The van der Waals surface area contributed by atoms with Crippen LogP contribution in [0.25, 0.3) is 10.2 Å². The summed E-state index contributed by atoms with van der Waals surface area (Å²) in [6.45, 7) is 1.16. The molecule has 12 heteroatoms. The van der Waals surface area contributed by atoms with E-state index in [0.29, 0.717) is 15.6 Å². The molecule has 2 heterocycles. The molecule has 0 saturated carbocycles. The lowest BCUT2D eigenvalue weighted by Gasteiger charge is -2.45. The Morgan fingerprint density at radius 3 is 2.62 bits per heavy atom. The van der Waals surface area contributed by atoms with Gasteiger partial charge in [0.25, 0.3) is 0 Å². The van der Waals surface area contributed by atoms with Crippen molar-refractivity contribution in [2.24, 2.45) is 5.84 Å². The van der Waals surface area contributed by atoms with Gasteiger partial charge in [-0.2, -0.15) is 0 Å². The van der Waals surface area contributed by atoms with E-state index in [1.54, 1.807) is 30.3 Å². The number of benzene rings is 2. The fraction of sp³-hybridized carbons (Fsp3) is 0.200. The third-order valence-corrected chi connectivity index (χ3v) is 6.02. The van der Waals surface area contributed by atoms with E-state index in [0.717, 1.165) is 25.8 Å². The van der Waals surface area contributed by atoms with Crippen LogP contribution in [0.5, 0.6) is 0 Å². The maximum atomic E-state index is 13.1. The van der Waals surface area contributed by atoms with Gasteiger partial charge in [-0.1, -0.05) is 23.7 Å². The van der Waals surface area contributed by atoms with Gasteiger partial charge < -0.3 is 10.4 Å². The van der Waals surface area contributed by atoms with Crippen LogP contribution < -0.4 is 11.2 Å². The van der Waals surface area contributed by atoms with Crippen LogP contribution in [0.15, 0.2) is 42.5 Å². The first-order valence-corrected chi connectivity index (χ1v) is 10.7. The number of nitrogens with one attached hydrogen (secondary N) is 1. The van der Waals surface area contributed by atoms with Crippen molar-refractivity contribution in [1.82, 2.24) is 19.8 Å². The third-order valence-electron chi connectivity index (χ3n) is 4.84. The number of anilines is 1. The van der Waals surface area contributed by atoms with Crippen LogP contribution in [0.2, 0.25) is 5.02 Å². The first kappa shape index (κ1) is 21.8. The lowest BCUT2D eigenvalue weighted by atomic mass is 10.2. The lowest BCUT2D eigenvalue weighted by molar-refractivity contribution is -0.137. The summed E-state index contributed by atoms with van der Waals surface area (Å²) in [6, 6.07) is 10.6. The summed E-state index contributed by atoms with van der Waals surface area (Å²) in [6.07, 6.45) is -1.05. The minimum atomic E-state index is -1.33. The van der Waals surface area contributed by atoms with Crippen LogP contribution in [0.4, 0.5) is 15.3 Å². The highest BCUT2D eigenvalue weighted by molar-refractivity contribution is 7.18. The monoisotopic (exact) mass is 474 g/mol. The van der Waals surface area contributed by atoms with Gasteiger partial charge in [-0.05, 0) is 42.8 Å². The summed E-state index contributed by atoms with van der Waals surface area (Å²) in [5.41, 5.74) is 2.18. The van der Waals surface area contributed by atoms with Gasteiger partial charge in [-0.15, -0.1) is 11.3 Å². The molecule has 3 aromatic rings. The molecule has 4 amide bonds. The number of carbonyl (C=O) groups excluding carboxylic acids is 2. The standard InChI is InChI=1S/C20H19ClN6O4S/c1-11-23-15-7-6-14(8-16(15)32-11)24-18-25(9-12-2-4-13(21)5-3-12)19(30)26(10-17(28)29)20(31)27(18)22/h2-8,18,24H,9-10,22H2,1H3,(H,28,29). The van der Waals surface area contributed by atoms with Crippen molar-refractivity contribution in [2.45, 2.75) is 19.8 Å². The highest BCUT2D eigenvalue weighted by Gasteiger charge is 2.44. The summed E-state index contributed by atoms with van der Waals surface area (Å²) in [5.74, 6) is 4.72. The molecule has 1 atom stereocenters. The molecule has 166 valence electrons. The Labute approximate surface area is 191 Å². The fourth-order valence-corrected chi connectivity index (χ4v) is 4.37. The highest BCUT2D eigenvalue weighted by atomic mass is 35.5. The van der Waals surface area contributed by atoms with Gasteiger partial charge >= 0.3 is 18.0 Å². The first-order valence-electron chi connectivity index (χ1n) is 9.49. The molecular weight excluding hydrogens is 456 g/mol. The molecule has 0 aliphatic carbocycles. The van der Waals surface area contributed by atoms with E-state index in [4.69, 9.17) is 22.6 Å². The van der Waals surface area contributed by atoms with Gasteiger partial charge in [-0.25, -0.2) is 30.3 Å². The van der Waals surface area contributed by atoms with E-state index in [1.165, 1.54) is 16.2 Å². The molecule has 1 fully saturated rings. The van der Waals surface area contributed by atoms with E-state index in [-0.39, 0.29) is 6.54 Å². The van der Waals surface area contributed by atoms with E-state index in [2.05, 4.69) is 10.3 Å². The number of nitrogens with zero attached hydrogens (tertiary/aromatic N) is 4. The number of aromatic nitrogens is 1. The number of imide groups is 1. The summed E-state index contributed by atoms with van der Waals surface area (Å²) in [4.78, 5) is 43.3. The number of carboxylic acids is 1. The number of carboxylic acid groups (broad SMARTS) is 1. The van der Waals surface area contributed by atoms with Crippen LogP contribution in [-0.2, 0) is 11.3 Å². The SMILES string of the molecule is Cc1nc2ccc(NC3N(N)C(=O)N(CC(=O)O)C(=O)N3Cc3ccc(Cl)cc3)cc2s1. The van der Waals surface area contributed by atoms with E-state index in [1.807, 2.05) is 19.1 Å². The molecule has 0 radical (unpaired) electrons. The number of hydrogen-bond donors (Lipinski definition) is 3. The highest BCUT2D eigenvalue weighted by Crippen LogP contribution is 2.27. The maximum Gasteiger partial charge on any atom is 0.346 e. The average molecular weight is 475 g/mol. The zero-order valence-corrected chi connectivity index (χ0v) is 18.4. The number of carbonyl (C=O) groups is 3. The number of fused-ring (bicyclic) bond motifs is 1. The molecular formula is C20H19ClN6O4S. The number of aliphatic carboxylic acids is 1. The number of rotatable bonds is 6. The minimum absolute atomic E-state index is 0.0622. The van der Waals surface area contributed by atoms with E-state index < -0.39 is 30.9 Å². The van der Waals surface area contributed by atoms with Crippen LogP contribution >= 0.6 is 22.9 Å². The average Bonchev–Trinajstić information content (AvgIpc) is 3.12. The summed E-state index contributed by atoms with van der Waals surface area (Å²) in [7, 11) is 0. The third kappa shape index (κ3) is 4.31. The summed E-state index contributed by atoms with van der Waals surface area (Å²) < 4.78 is 0.932. The Kier molecular flexibility index (Phi) is 5.87. The minimum Gasteiger partial charge on any atom is -0.480 e. The number of urea groups is 2. The maximum absolute atomic E-state index is 13.1. The van der Waals surface area contributed by atoms with Crippen molar-refractivity contribution < 1.29 is 19.5 Å². The molecule has 1 saturated heterocycles. The molecule has 4 N–H and O–H groups in total. The van der Waals surface area contributed by atoms with Gasteiger partial charge in [0.2, 0.25) is 6.29 Å². The molecule has 32 heavy (non-hydrogen) atoms. The lowest BCUT2D eigenvalue weighted by Crippen LogP contribution is -2.70. The van der Waals surface area contributed by atoms with Gasteiger partial charge in [0.05, 0.1) is 21.8 Å². The second-order valence-corrected chi connectivity index (χ2v) is 8.81. The normalized spacial score (nSPS) is 16.7. The molecule has 1 aliphatic heterocycles. The number of thiazole rings is 1. The van der Waals surface area contributed by atoms with Crippen molar-refractivity contribution in [3.8, 4) is 0 Å². The fourth-order valence-electron chi connectivity index (χ4n) is 3.37. The number of amides is 4. The topological polar surface area (TPSA) is 132 Å². The summed E-state index contributed by atoms with van der Waals surface area (Å²) >= 11 is 7.46. The van der Waals surface area contributed by atoms with Crippen LogP contribution in [0.1, 0.15) is 10.6 Å². The van der Waals surface area contributed by atoms with Crippen LogP contribution in [0.3, 0.4) is 0 Å². The van der Waals surface area contributed by atoms with Gasteiger partial charge in [-0.3, -0.25) is 9.69 Å². The van der Waals surface area contributed by atoms with Crippen molar-refractivity contribution in [2.75, 3.05) is 11.9 Å². The van der Waals surface area contributed by atoms with Crippen molar-refractivity contribution in [3.05, 3.63) is 58.1 Å². The van der Waals surface area contributed by atoms with Crippen molar-refractivity contribution in [1.29, 1.82) is 0 Å². The molecule has 4 rings (SSSR count). The number of hydrazine groups is 1. The zero-order valence-electron chi connectivity index (χ0n) is 16.9. The Hall–Kier alpha value is -3.41. The smallest absolute Gasteiger partial charge is 0.346 e. The van der Waals surface area contributed by atoms with Crippen LogP contribution in [-0.4, -0.2) is 55.8 Å². The Morgan fingerprint density at radius 2 is 1.94 bits per heavy atom. The summed E-state index contributed by atoms with van der Waals surface area (Å²) in [5, 5.41) is 14.5. The Balaban J connectivity index is 1.68.